The first-order valence-electron chi connectivity index (χ1n) is 9.30. The first-order valence-corrected chi connectivity index (χ1v) is 11.9. The van der Waals surface area contributed by atoms with Crippen LogP contribution in [0.15, 0.2) is 51.7 Å². The molecule has 1 aromatic heterocycles. The number of benzene rings is 2. The molecule has 0 N–H and O–H groups in total. The van der Waals surface area contributed by atoms with Crippen molar-refractivity contribution in [1.82, 2.24) is 4.90 Å². The molecule has 0 spiro atoms. The highest BCUT2D eigenvalue weighted by atomic mass is 35.5. The number of rotatable bonds is 2. The van der Waals surface area contributed by atoms with Crippen molar-refractivity contribution < 1.29 is 17.6 Å². The van der Waals surface area contributed by atoms with Crippen LogP contribution in [0.25, 0.3) is 11.0 Å². The number of hydrogen-bond acceptors (Lipinski definition) is 5. The van der Waals surface area contributed by atoms with Gasteiger partial charge in [0.05, 0.1) is 38.5 Å². The number of carbonyl (C=O) groups is 1. The molecule has 2 aliphatic heterocycles. The Labute approximate surface area is 181 Å². The van der Waals surface area contributed by atoms with E-state index in [-0.39, 0.29) is 33.3 Å². The SMILES string of the molecule is O=C1c2oc3ccccc3c(=O)c2C(c2ccc(Cl)c(Cl)c2)N1C1CCS(=O)(=O)C1. The average Bonchev–Trinajstić information content (AvgIpc) is 3.21. The molecule has 1 saturated heterocycles. The maximum absolute atomic E-state index is 13.4. The second-order valence-electron chi connectivity index (χ2n) is 7.52. The minimum Gasteiger partial charge on any atom is -0.450 e. The number of carbonyl (C=O) groups excluding carboxylic acids is 1. The third kappa shape index (κ3) is 2.95. The molecule has 1 amide bonds. The van der Waals surface area contributed by atoms with E-state index in [0.717, 1.165) is 0 Å². The molecule has 2 aliphatic rings. The highest BCUT2D eigenvalue weighted by molar-refractivity contribution is 7.91. The van der Waals surface area contributed by atoms with E-state index >= 15 is 0 Å². The van der Waals surface area contributed by atoms with Gasteiger partial charge in [0.15, 0.2) is 15.3 Å². The summed E-state index contributed by atoms with van der Waals surface area (Å²) in [6.45, 7) is 0. The molecule has 2 atom stereocenters. The molecule has 154 valence electrons. The molecule has 0 bridgehead atoms. The Hall–Kier alpha value is -2.35. The summed E-state index contributed by atoms with van der Waals surface area (Å²) in [5.41, 5.74) is 0.757. The van der Waals surface area contributed by atoms with Crippen molar-refractivity contribution in [2.75, 3.05) is 11.5 Å². The maximum Gasteiger partial charge on any atom is 0.291 e. The van der Waals surface area contributed by atoms with Gasteiger partial charge in [0.25, 0.3) is 5.91 Å². The summed E-state index contributed by atoms with van der Waals surface area (Å²) >= 11 is 12.3. The summed E-state index contributed by atoms with van der Waals surface area (Å²) in [6, 6.07) is 10.2. The van der Waals surface area contributed by atoms with Crippen molar-refractivity contribution in [3.8, 4) is 0 Å². The fraction of sp³-hybridized carbons (Fsp3) is 0.238. The molecule has 2 unspecified atom stereocenters. The van der Waals surface area contributed by atoms with E-state index in [1.165, 1.54) is 4.90 Å². The molecule has 6 nitrogen and oxygen atoms in total. The second kappa shape index (κ2) is 6.83. The Morgan fingerprint density at radius 1 is 1.03 bits per heavy atom. The van der Waals surface area contributed by atoms with Gasteiger partial charge in [-0.2, -0.15) is 0 Å². The van der Waals surface area contributed by atoms with Crippen LogP contribution >= 0.6 is 23.2 Å². The third-order valence-electron chi connectivity index (χ3n) is 5.67. The quantitative estimate of drug-likeness (QED) is 0.576. The van der Waals surface area contributed by atoms with Gasteiger partial charge in [-0.15, -0.1) is 0 Å². The highest BCUT2D eigenvalue weighted by Gasteiger charge is 2.48. The van der Waals surface area contributed by atoms with E-state index in [1.54, 1.807) is 42.5 Å². The normalized spacial score (nSPS) is 22.6. The molecule has 3 aromatic rings. The average molecular weight is 464 g/mol. The summed E-state index contributed by atoms with van der Waals surface area (Å²) in [6.07, 6.45) is 0.299. The zero-order valence-electron chi connectivity index (χ0n) is 15.5. The predicted molar refractivity (Wildman–Crippen MR) is 114 cm³/mol. The molecular formula is C21H15Cl2NO5S. The van der Waals surface area contributed by atoms with E-state index in [2.05, 4.69) is 0 Å². The summed E-state index contributed by atoms with van der Waals surface area (Å²) in [7, 11) is -3.26. The first-order chi connectivity index (χ1) is 14.3. The molecule has 5 rings (SSSR count). The molecule has 30 heavy (non-hydrogen) atoms. The van der Waals surface area contributed by atoms with Crippen LogP contribution in [-0.2, 0) is 9.84 Å². The van der Waals surface area contributed by atoms with Crippen LogP contribution in [0.4, 0.5) is 0 Å². The van der Waals surface area contributed by atoms with Crippen LogP contribution in [0.1, 0.15) is 34.1 Å². The minimum absolute atomic E-state index is 0.00473. The lowest BCUT2D eigenvalue weighted by Gasteiger charge is -2.30. The van der Waals surface area contributed by atoms with Gasteiger partial charge in [0, 0.05) is 6.04 Å². The molecule has 1 fully saturated rings. The van der Waals surface area contributed by atoms with Crippen LogP contribution in [-0.4, -0.2) is 36.8 Å². The van der Waals surface area contributed by atoms with Gasteiger partial charge in [-0.25, -0.2) is 8.42 Å². The molecule has 2 aromatic carbocycles. The standard InChI is InChI=1S/C21H15Cl2NO5S/c22-14-6-5-11(9-15(14)23)18-17-19(25)13-3-1-2-4-16(13)29-20(17)21(26)24(18)12-7-8-30(27,28)10-12/h1-6,9,12,18H,7-8,10H2. The Morgan fingerprint density at radius 2 is 1.80 bits per heavy atom. The van der Waals surface area contributed by atoms with Gasteiger partial charge in [0.2, 0.25) is 5.76 Å². The lowest BCUT2D eigenvalue weighted by atomic mass is 9.97. The number of fused-ring (bicyclic) bond motifs is 2. The lowest BCUT2D eigenvalue weighted by Crippen LogP contribution is -2.40. The zero-order valence-corrected chi connectivity index (χ0v) is 17.8. The van der Waals surface area contributed by atoms with Crippen molar-refractivity contribution in [2.45, 2.75) is 18.5 Å². The Balaban J connectivity index is 1.77. The first kappa shape index (κ1) is 19.6. The summed E-state index contributed by atoms with van der Waals surface area (Å²) in [4.78, 5) is 28.2. The van der Waals surface area contributed by atoms with E-state index in [1.807, 2.05) is 0 Å². The lowest BCUT2D eigenvalue weighted by molar-refractivity contribution is 0.0662. The minimum atomic E-state index is -3.26. The van der Waals surface area contributed by atoms with E-state index in [0.29, 0.717) is 28.0 Å². The van der Waals surface area contributed by atoms with Crippen LogP contribution in [0.5, 0.6) is 0 Å². The second-order valence-corrected chi connectivity index (χ2v) is 10.6. The summed E-state index contributed by atoms with van der Waals surface area (Å²) in [5, 5.41) is 0.972. The summed E-state index contributed by atoms with van der Waals surface area (Å²) in [5.74, 6) is -0.710. The summed E-state index contributed by atoms with van der Waals surface area (Å²) < 4.78 is 30.1. The fourth-order valence-corrected chi connectivity index (χ4v) is 6.34. The molecule has 0 aliphatic carbocycles. The van der Waals surface area contributed by atoms with Gasteiger partial charge < -0.3 is 9.32 Å². The zero-order chi connectivity index (χ0) is 21.2. The fourth-order valence-electron chi connectivity index (χ4n) is 4.32. The molecule has 9 heteroatoms. The van der Waals surface area contributed by atoms with Gasteiger partial charge in [-0.3, -0.25) is 9.59 Å². The maximum atomic E-state index is 13.4. The number of sulfone groups is 1. The van der Waals surface area contributed by atoms with Crippen molar-refractivity contribution in [2.24, 2.45) is 0 Å². The largest absolute Gasteiger partial charge is 0.450 e. The topological polar surface area (TPSA) is 84.7 Å². The number of para-hydroxylation sites is 1. The van der Waals surface area contributed by atoms with Gasteiger partial charge >= 0.3 is 0 Å². The number of halogens is 2. The van der Waals surface area contributed by atoms with Crippen LogP contribution in [0.3, 0.4) is 0 Å². The highest BCUT2D eigenvalue weighted by Crippen LogP contribution is 2.42. The van der Waals surface area contributed by atoms with Crippen molar-refractivity contribution in [3.63, 3.8) is 0 Å². The van der Waals surface area contributed by atoms with E-state index in [4.69, 9.17) is 27.6 Å². The number of nitrogens with zero attached hydrogens (tertiary/aromatic N) is 1. The van der Waals surface area contributed by atoms with Gasteiger partial charge in [-0.1, -0.05) is 41.4 Å². The van der Waals surface area contributed by atoms with Crippen LogP contribution in [0, 0.1) is 0 Å². The monoisotopic (exact) mass is 463 g/mol. The molecule has 0 saturated carbocycles. The molecule has 3 heterocycles. The van der Waals surface area contributed by atoms with Crippen LogP contribution < -0.4 is 5.43 Å². The van der Waals surface area contributed by atoms with Crippen LogP contribution in [0.2, 0.25) is 10.0 Å². The Morgan fingerprint density at radius 3 is 2.50 bits per heavy atom. The smallest absolute Gasteiger partial charge is 0.291 e. The van der Waals surface area contributed by atoms with Gasteiger partial charge in [0.1, 0.15) is 5.58 Å². The van der Waals surface area contributed by atoms with E-state index < -0.39 is 27.8 Å². The van der Waals surface area contributed by atoms with E-state index in [9.17, 15) is 18.0 Å². The van der Waals surface area contributed by atoms with Crippen molar-refractivity contribution >= 4 is 49.9 Å². The predicted octanol–water partition coefficient (Wildman–Crippen LogP) is 3.83. The van der Waals surface area contributed by atoms with Gasteiger partial charge in [-0.05, 0) is 36.2 Å². The Bertz CT molecular complexity index is 1380. The molecular weight excluding hydrogens is 449 g/mol. The number of amides is 1. The molecule has 0 radical (unpaired) electrons. The third-order valence-corrected chi connectivity index (χ3v) is 8.16. The van der Waals surface area contributed by atoms with Crippen molar-refractivity contribution in [3.05, 3.63) is 79.6 Å². The number of hydrogen-bond donors (Lipinski definition) is 0. The Kier molecular flexibility index (Phi) is 4.47. The van der Waals surface area contributed by atoms with Crippen molar-refractivity contribution in [1.29, 1.82) is 0 Å².